The highest BCUT2D eigenvalue weighted by atomic mass is 32.2. The van der Waals surface area contributed by atoms with E-state index in [0.29, 0.717) is 6.42 Å². The van der Waals surface area contributed by atoms with Crippen LogP contribution >= 0.6 is 0 Å². The van der Waals surface area contributed by atoms with Gasteiger partial charge in [-0.15, -0.1) is 0 Å². The van der Waals surface area contributed by atoms with E-state index >= 15 is 0 Å². The maximum atomic E-state index is 11.5. The van der Waals surface area contributed by atoms with Gasteiger partial charge in [-0.25, -0.2) is 8.42 Å². The van der Waals surface area contributed by atoms with Crippen molar-refractivity contribution in [2.75, 3.05) is 19.3 Å². The van der Waals surface area contributed by atoms with Gasteiger partial charge in [-0.05, 0) is 47.2 Å². The molecule has 0 aromatic heterocycles. The van der Waals surface area contributed by atoms with E-state index in [1.807, 2.05) is 14.0 Å². The third-order valence-electron chi connectivity index (χ3n) is 2.39. The standard InChI is InChI=1S/C11H23NO2S/c1-10(2)15(13,14)9-7-11(3)6-5-8-12-4/h6,10,12H,5,7-9H2,1-4H3/b11-6-. The molecule has 0 amide bonds. The van der Waals surface area contributed by atoms with Gasteiger partial charge in [0.1, 0.15) is 0 Å². The summed E-state index contributed by atoms with van der Waals surface area (Å²) < 4.78 is 23.1. The molecule has 0 saturated carbocycles. The molecule has 0 saturated heterocycles. The predicted octanol–water partition coefficient (Wildman–Crippen LogP) is 1.76. The van der Waals surface area contributed by atoms with Crippen LogP contribution in [-0.4, -0.2) is 33.0 Å². The predicted molar refractivity (Wildman–Crippen MR) is 65.8 cm³/mol. The smallest absolute Gasteiger partial charge is 0.152 e. The fourth-order valence-corrected chi connectivity index (χ4v) is 2.18. The molecule has 0 bridgehead atoms. The number of hydrogen-bond donors (Lipinski definition) is 1. The van der Waals surface area contributed by atoms with Gasteiger partial charge in [-0.2, -0.15) is 0 Å². The number of allylic oxidation sites excluding steroid dienone is 1. The molecule has 0 aromatic carbocycles. The van der Waals surface area contributed by atoms with Gasteiger partial charge in [-0.1, -0.05) is 11.6 Å². The van der Waals surface area contributed by atoms with Crippen LogP contribution in [0.1, 0.15) is 33.6 Å². The average molecular weight is 233 g/mol. The van der Waals surface area contributed by atoms with Gasteiger partial charge in [0.25, 0.3) is 0 Å². The van der Waals surface area contributed by atoms with E-state index in [-0.39, 0.29) is 11.0 Å². The summed E-state index contributed by atoms with van der Waals surface area (Å²) in [4.78, 5) is 0. The Morgan fingerprint density at radius 3 is 2.47 bits per heavy atom. The van der Waals surface area contributed by atoms with E-state index < -0.39 is 9.84 Å². The zero-order chi connectivity index (χ0) is 11.9. The van der Waals surface area contributed by atoms with E-state index in [9.17, 15) is 8.42 Å². The molecular weight excluding hydrogens is 210 g/mol. The number of nitrogens with one attached hydrogen (secondary N) is 1. The lowest BCUT2D eigenvalue weighted by Crippen LogP contribution is -2.17. The molecule has 90 valence electrons. The molecule has 0 aliphatic carbocycles. The lowest BCUT2D eigenvalue weighted by molar-refractivity contribution is 0.586. The molecule has 0 heterocycles. The zero-order valence-corrected chi connectivity index (χ0v) is 11.0. The maximum Gasteiger partial charge on any atom is 0.152 e. The average Bonchev–Trinajstić information content (AvgIpc) is 2.15. The summed E-state index contributed by atoms with van der Waals surface area (Å²) in [5.41, 5.74) is 1.16. The summed E-state index contributed by atoms with van der Waals surface area (Å²) in [6.45, 7) is 6.39. The van der Waals surface area contributed by atoms with Crippen LogP contribution in [0, 0.1) is 0 Å². The molecule has 0 spiro atoms. The Bertz CT molecular complexity index is 292. The molecule has 3 nitrogen and oxygen atoms in total. The summed E-state index contributed by atoms with van der Waals surface area (Å²) in [6, 6.07) is 0. The van der Waals surface area contributed by atoms with Gasteiger partial charge in [-0.3, -0.25) is 0 Å². The molecule has 15 heavy (non-hydrogen) atoms. The minimum absolute atomic E-state index is 0.261. The van der Waals surface area contributed by atoms with Crippen molar-refractivity contribution in [2.24, 2.45) is 0 Å². The van der Waals surface area contributed by atoms with Crippen molar-refractivity contribution in [3.63, 3.8) is 0 Å². The highest BCUT2D eigenvalue weighted by molar-refractivity contribution is 7.91. The van der Waals surface area contributed by atoms with Crippen molar-refractivity contribution >= 4 is 9.84 Å². The van der Waals surface area contributed by atoms with Gasteiger partial charge >= 0.3 is 0 Å². The first-order valence-corrected chi connectivity index (χ1v) is 7.13. The molecule has 0 aromatic rings. The summed E-state index contributed by atoms with van der Waals surface area (Å²) in [7, 11) is -0.971. The maximum absolute atomic E-state index is 11.5. The Morgan fingerprint density at radius 2 is 2.00 bits per heavy atom. The lowest BCUT2D eigenvalue weighted by Gasteiger charge is -2.07. The van der Waals surface area contributed by atoms with Gasteiger partial charge in [0.2, 0.25) is 0 Å². The van der Waals surface area contributed by atoms with Crippen molar-refractivity contribution in [1.82, 2.24) is 5.32 Å². The first kappa shape index (κ1) is 14.6. The second kappa shape index (κ2) is 7.01. The minimum atomic E-state index is -2.88. The Labute approximate surface area is 93.9 Å². The molecule has 0 atom stereocenters. The van der Waals surface area contributed by atoms with Crippen LogP contribution in [-0.2, 0) is 9.84 Å². The van der Waals surface area contributed by atoms with Crippen molar-refractivity contribution < 1.29 is 8.42 Å². The third kappa shape index (κ3) is 6.68. The SMILES string of the molecule is CNCC/C=C(/C)CCS(=O)(=O)C(C)C. The van der Waals surface area contributed by atoms with Crippen LogP contribution in [0.3, 0.4) is 0 Å². The first-order valence-electron chi connectivity index (χ1n) is 5.42. The van der Waals surface area contributed by atoms with Crippen LogP contribution in [0.5, 0.6) is 0 Å². The molecule has 0 fully saturated rings. The second-order valence-electron chi connectivity index (χ2n) is 4.11. The van der Waals surface area contributed by atoms with Crippen molar-refractivity contribution in [3.8, 4) is 0 Å². The summed E-state index contributed by atoms with van der Waals surface area (Å²) >= 11 is 0. The zero-order valence-electron chi connectivity index (χ0n) is 10.2. The van der Waals surface area contributed by atoms with Gasteiger partial charge in [0, 0.05) is 0 Å². The van der Waals surface area contributed by atoms with Crippen LogP contribution in [0.2, 0.25) is 0 Å². The monoisotopic (exact) mass is 233 g/mol. The van der Waals surface area contributed by atoms with Crippen molar-refractivity contribution in [2.45, 2.75) is 38.9 Å². The highest BCUT2D eigenvalue weighted by Crippen LogP contribution is 2.08. The summed E-state index contributed by atoms with van der Waals surface area (Å²) in [5.74, 6) is 0.270. The molecule has 0 aliphatic rings. The fourth-order valence-electron chi connectivity index (χ4n) is 1.10. The van der Waals surface area contributed by atoms with Crippen LogP contribution in [0.25, 0.3) is 0 Å². The molecule has 0 rings (SSSR count). The Kier molecular flexibility index (Phi) is 6.85. The van der Waals surface area contributed by atoms with E-state index in [2.05, 4.69) is 11.4 Å². The first-order chi connectivity index (χ1) is 6.90. The largest absolute Gasteiger partial charge is 0.319 e. The molecule has 0 unspecified atom stereocenters. The van der Waals surface area contributed by atoms with Gasteiger partial charge in [0.15, 0.2) is 9.84 Å². The van der Waals surface area contributed by atoms with E-state index in [1.165, 1.54) is 0 Å². The number of rotatable bonds is 7. The fraction of sp³-hybridized carbons (Fsp3) is 0.818. The molecule has 0 radical (unpaired) electrons. The van der Waals surface area contributed by atoms with Crippen LogP contribution in [0.4, 0.5) is 0 Å². The topological polar surface area (TPSA) is 46.2 Å². The Hall–Kier alpha value is -0.350. The van der Waals surface area contributed by atoms with E-state index in [0.717, 1.165) is 18.5 Å². The van der Waals surface area contributed by atoms with Crippen molar-refractivity contribution in [1.29, 1.82) is 0 Å². The minimum Gasteiger partial charge on any atom is -0.319 e. The summed E-state index contributed by atoms with van der Waals surface area (Å²) in [6.07, 6.45) is 3.72. The van der Waals surface area contributed by atoms with Crippen LogP contribution < -0.4 is 5.32 Å². The highest BCUT2D eigenvalue weighted by Gasteiger charge is 2.15. The van der Waals surface area contributed by atoms with E-state index in [4.69, 9.17) is 0 Å². The molecule has 0 aliphatic heterocycles. The van der Waals surface area contributed by atoms with Crippen molar-refractivity contribution in [3.05, 3.63) is 11.6 Å². The normalized spacial score (nSPS) is 13.5. The van der Waals surface area contributed by atoms with Gasteiger partial charge < -0.3 is 5.32 Å². The number of hydrogen-bond acceptors (Lipinski definition) is 3. The molecular formula is C11H23NO2S. The Morgan fingerprint density at radius 1 is 1.40 bits per heavy atom. The van der Waals surface area contributed by atoms with Gasteiger partial charge in [0.05, 0.1) is 11.0 Å². The summed E-state index contributed by atoms with van der Waals surface area (Å²) in [5, 5.41) is 2.79. The second-order valence-corrected chi connectivity index (χ2v) is 6.79. The third-order valence-corrected chi connectivity index (χ3v) is 4.60. The number of sulfone groups is 1. The van der Waals surface area contributed by atoms with Crippen LogP contribution in [0.15, 0.2) is 11.6 Å². The van der Waals surface area contributed by atoms with E-state index in [1.54, 1.807) is 13.8 Å². The lowest BCUT2D eigenvalue weighted by atomic mass is 10.2. The molecule has 1 N–H and O–H groups in total. The Balaban J connectivity index is 4.00. The molecule has 4 heteroatoms. The quantitative estimate of drug-likeness (QED) is 0.538.